The number of nitrogens with zero attached hydrogens (tertiary/aromatic N) is 1. The Morgan fingerprint density at radius 3 is 1.41 bits per heavy atom. The zero-order valence-corrected chi connectivity index (χ0v) is 18.5. The van der Waals surface area contributed by atoms with E-state index in [1.807, 2.05) is 0 Å². The van der Waals surface area contributed by atoms with E-state index in [0.717, 1.165) is 26.2 Å². The van der Waals surface area contributed by atoms with Crippen molar-refractivity contribution in [3.63, 3.8) is 0 Å². The quantitative estimate of drug-likeness (QED) is 0.429. The predicted molar refractivity (Wildman–Crippen MR) is 113 cm³/mol. The summed E-state index contributed by atoms with van der Waals surface area (Å²) in [6.45, 7) is 3.89. The van der Waals surface area contributed by atoms with Crippen LogP contribution in [-0.4, -0.2) is 53.2 Å². The molecule has 1 aromatic heterocycles. The first-order chi connectivity index (χ1) is 12.9. The van der Waals surface area contributed by atoms with Crippen LogP contribution in [0, 0.1) is 0 Å². The molecule has 2 bridgehead atoms. The van der Waals surface area contributed by atoms with Crippen LogP contribution in [0.4, 0.5) is 0 Å². The van der Waals surface area contributed by atoms with E-state index in [1.54, 1.807) is 0 Å². The summed E-state index contributed by atoms with van der Waals surface area (Å²) in [6.07, 6.45) is 10.5. The molecule has 2 aliphatic carbocycles. The maximum Gasteiger partial charge on any atom is 0.0545 e. The molecule has 0 saturated heterocycles. The van der Waals surface area contributed by atoms with E-state index in [-0.39, 0.29) is 28.0 Å². The number of fused-ring (bicyclic) bond motifs is 4. The van der Waals surface area contributed by atoms with Crippen molar-refractivity contribution >= 4 is 0 Å². The number of nitrogens with one attached hydrogen (secondary N) is 4. The monoisotopic (exact) mass is 448 g/mol. The van der Waals surface area contributed by atoms with Crippen molar-refractivity contribution in [1.29, 1.82) is 0 Å². The van der Waals surface area contributed by atoms with Gasteiger partial charge in [-0.2, -0.15) is 0 Å². The third-order valence-electron chi connectivity index (χ3n) is 6.43. The SMILES string of the molecule is O.O.[Mn].c1cc2nc(c1)CN[C@H]1CCCC[C@@H]1NCCN[C@H]1CCCC[C@@H]1NC2. The molecule has 167 valence electrons. The Hall–Kier alpha value is -0.571. The molecule has 4 atom stereocenters. The molecule has 1 radical (unpaired) electrons. The third kappa shape index (κ3) is 7.56. The normalized spacial score (nSPS) is 30.5. The molecule has 4 rings (SSSR count). The molecule has 2 heterocycles. The zero-order chi connectivity index (χ0) is 17.6. The second-order valence-corrected chi connectivity index (χ2v) is 8.29. The summed E-state index contributed by atoms with van der Waals surface area (Å²) in [5, 5.41) is 15.2. The first kappa shape index (κ1) is 26.5. The first-order valence-corrected chi connectivity index (χ1v) is 10.8. The largest absolute Gasteiger partial charge is 0.412 e. The molecule has 29 heavy (non-hydrogen) atoms. The van der Waals surface area contributed by atoms with E-state index in [9.17, 15) is 0 Å². The van der Waals surface area contributed by atoms with Crippen LogP contribution in [0.25, 0.3) is 0 Å². The molecule has 8 N–H and O–H groups in total. The van der Waals surface area contributed by atoms with Gasteiger partial charge in [0.25, 0.3) is 0 Å². The van der Waals surface area contributed by atoms with Crippen LogP contribution in [0.2, 0.25) is 0 Å². The van der Waals surface area contributed by atoms with Crippen LogP contribution in [0.5, 0.6) is 0 Å². The maximum atomic E-state index is 4.89. The second kappa shape index (κ2) is 13.7. The summed E-state index contributed by atoms with van der Waals surface area (Å²) in [7, 11) is 0. The Morgan fingerprint density at radius 1 is 0.621 bits per heavy atom. The molecule has 2 fully saturated rings. The molecule has 8 heteroatoms. The van der Waals surface area contributed by atoms with Crippen molar-refractivity contribution < 1.29 is 28.0 Å². The van der Waals surface area contributed by atoms with Gasteiger partial charge in [-0.1, -0.05) is 31.7 Å². The molecule has 0 unspecified atom stereocenters. The summed E-state index contributed by atoms with van der Waals surface area (Å²) in [5.74, 6) is 0. The van der Waals surface area contributed by atoms with Gasteiger partial charge in [0.1, 0.15) is 0 Å². The van der Waals surface area contributed by atoms with Crippen molar-refractivity contribution in [3.05, 3.63) is 29.6 Å². The molecule has 3 aliphatic rings. The summed E-state index contributed by atoms with van der Waals surface area (Å²) in [6, 6.07) is 8.81. The first-order valence-electron chi connectivity index (χ1n) is 10.8. The van der Waals surface area contributed by atoms with Crippen molar-refractivity contribution in [2.75, 3.05) is 13.1 Å². The van der Waals surface area contributed by atoms with E-state index in [4.69, 9.17) is 4.98 Å². The number of pyridine rings is 1. The Balaban J connectivity index is 0.00000140. The van der Waals surface area contributed by atoms with Crippen LogP contribution in [0.1, 0.15) is 62.8 Å². The fourth-order valence-corrected chi connectivity index (χ4v) is 4.95. The van der Waals surface area contributed by atoms with Crippen LogP contribution in [-0.2, 0) is 30.2 Å². The van der Waals surface area contributed by atoms with E-state index in [0.29, 0.717) is 24.2 Å². The Kier molecular flexibility index (Phi) is 12.5. The minimum atomic E-state index is 0. The van der Waals surface area contributed by atoms with Gasteiger partial charge in [-0.05, 0) is 37.8 Å². The number of aromatic nitrogens is 1. The van der Waals surface area contributed by atoms with Gasteiger partial charge in [0.15, 0.2) is 0 Å². The van der Waals surface area contributed by atoms with Gasteiger partial charge in [-0.3, -0.25) is 4.98 Å². The van der Waals surface area contributed by atoms with E-state index < -0.39 is 0 Å². The molecule has 7 nitrogen and oxygen atoms in total. The van der Waals surface area contributed by atoms with E-state index >= 15 is 0 Å². The van der Waals surface area contributed by atoms with Crippen molar-refractivity contribution in [2.45, 2.75) is 88.6 Å². The van der Waals surface area contributed by atoms with Gasteiger partial charge >= 0.3 is 0 Å². The minimum Gasteiger partial charge on any atom is -0.412 e. The summed E-state index contributed by atoms with van der Waals surface area (Å²) in [5.41, 5.74) is 2.34. The standard InChI is InChI=1S/C21H35N5.Mn.2H2O/c1-3-10-20-18(8-1)22-12-13-23-19-9-2-4-11-21(19)25-15-17-7-5-6-16(26-17)14-24-20;;;/h5-7,18-25H,1-4,8-15H2;;2*1H2/t18-,19-,20-,21-;;;/m0.../s1. The summed E-state index contributed by atoms with van der Waals surface area (Å²) >= 11 is 0. The van der Waals surface area contributed by atoms with Crippen molar-refractivity contribution in [3.8, 4) is 0 Å². The zero-order valence-electron chi connectivity index (χ0n) is 17.4. The Bertz CT molecular complexity index is 535. The molecule has 0 amide bonds. The van der Waals surface area contributed by atoms with Gasteiger partial charge in [0.05, 0.1) is 11.4 Å². The topological polar surface area (TPSA) is 124 Å². The number of rotatable bonds is 0. The molecule has 1 aromatic rings. The molecule has 2 saturated carbocycles. The molecular formula is C21H39MnN5O2. The second-order valence-electron chi connectivity index (χ2n) is 8.29. The molecule has 1 aliphatic heterocycles. The van der Waals surface area contributed by atoms with Gasteiger partial charge in [0, 0.05) is 67.4 Å². The van der Waals surface area contributed by atoms with Gasteiger partial charge in [0.2, 0.25) is 0 Å². The van der Waals surface area contributed by atoms with Gasteiger partial charge in [-0.15, -0.1) is 0 Å². The Morgan fingerprint density at radius 2 is 1.00 bits per heavy atom. The van der Waals surface area contributed by atoms with Crippen LogP contribution < -0.4 is 21.3 Å². The predicted octanol–water partition coefficient (Wildman–Crippen LogP) is 0.424. The Labute approximate surface area is 185 Å². The van der Waals surface area contributed by atoms with Crippen LogP contribution in [0.3, 0.4) is 0 Å². The van der Waals surface area contributed by atoms with Gasteiger partial charge < -0.3 is 32.2 Å². The van der Waals surface area contributed by atoms with Gasteiger partial charge in [-0.25, -0.2) is 0 Å². The average molecular weight is 449 g/mol. The van der Waals surface area contributed by atoms with E-state index in [2.05, 4.69) is 39.5 Å². The third-order valence-corrected chi connectivity index (χ3v) is 6.43. The summed E-state index contributed by atoms with van der Waals surface area (Å²) in [4.78, 5) is 4.89. The maximum absolute atomic E-state index is 4.89. The smallest absolute Gasteiger partial charge is 0.0545 e. The van der Waals surface area contributed by atoms with Crippen LogP contribution in [0.15, 0.2) is 18.2 Å². The molecule has 0 spiro atoms. The fourth-order valence-electron chi connectivity index (χ4n) is 4.95. The molecular weight excluding hydrogens is 409 g/mol. The van der Waals surface area contributed by atoms with Crippen molar-refractivity contribution in [1.82, 2.24) is 26.3 Å². The van der Waals surface area contributed by atoms with Crippen LogP contribution >= 0.6 is 0 Å². The fraction of sp³-hybridized carbons (Fsp3) is 0.762. The summed E-state index contributed by atoms with van der Waals surface area (Å²) < 4.78 is 0. The van der Waals surface area contributed by atoms with Crippen molar-refractivity contribution in [2.24, 2.45) is 0 Å². The van der Waals surface area contributed by atoms with E-state index in [1.165, 1.54) is 62.8 Å². The molecule has 0 aromatic carbocycles. The average Bonchev–Trinajstić information content (AvgIpc) is 2.69. The number of hydrogen-bond donors (Lipinski definition) is 4. The number of hydrogen-bond acceptors (Lipinski definition) is 5. The minimum absolute atomic E-state index is 0.